The molecule has 0 spiro atoms. The monoisotopic (exact) mass is 677 g/mol. The van der Waals surface area contributed by atoms with Gasteiger partial charge in [-0.25, -0.2) is 0 Å². The number of aliphatic hydroxyl groups excluding tert-OH is 1. The van der Waals surface area contributed by atoms with Gasteiger partial charge >= 0.3 is 11.9 Å². The van der Waals surface area contributed by atoms with E-state index < -0.39 is 6.10 Å². The summed E-state index contributed by atoms with van der Waals surface area (Å²) in [6, 6.07) is 0. The van der Waals surface area contributed by atoms with Crippen LogP contribution in [0, 0.1) is 0 Å². The van der Waals surface area contributed by atoms with Crippen molar-refractivity contribution in [3.63, 3.8) is 0 Å². The van der Waals surface area contributed by atoms with Crippen molar-refractivity contribution in [1.29, 1.82) is 0 Å². The molecule has 0 saturated carbocycles. The van der Waals surface area contributed by atoms with Crippen molar-refractivity contribution in [2.45, 2.75) is 225 Å². The van der Waals surface area contributed by atoms with Crippen LogP contribution < -0.4 is 0 Å². The second-order valence-electron chi connectivity index (χ2n) is 14.1. The maximum atomic E-state index is 12.2. The number of hydrogen-bond acceptors (Lipinski definition) is 5. The molecule has 0 radical (unpaired) electrons. The van der Waals surface area contributed by atoms with Crippen molar-refractivity contribution in [3.05, 3.63) is 24.3 Å². The Hall–Kier alpha value is -1.62. The van der Waals surface area contributed by atoms with Crippen molar-refractivity contribution in [2.75, 3.05) is 13.2 Å². The predicted molar refractivity (Wildman–Crippen MR) is 205 cm³/mol. The summed E-state index contributed by atoms with van der Waals surface area (Å²) in [5.41, 5.74) is 0. The third kappa shape index (κ3) is 37.2. The Labute approximate surface area is 298 Å². The van der Waals surface area contributed by atoms with Gasteiger partial charge in [0.2, 0.25) is 0 Å². The van der Waals surface area contributed by atoms with E-state index in [1.54, 1.807) is 0 Å². The Morgan fingerprint density at radius 1 is 0.458 bits per heavy atom. The first-order chi connectivity index (χ1) is 23.6. The van der Waals surface area contributed by atoms with Crippen LogP contribution in [0.3, 0.4) is 0 Å². The summed E-state index contributed by atoms with van der Waals surface area (Å²) >= 11 is 0. The molecule has 0 amide bonds. The molecule has 282 valence electrons. The van der Waals surface area contributed by atoms with Crippen LogP contribution in [-0.2, 0) is 19.1 Å². The largest absolute Gasteiger partial charge is 0.462 e. The number of aliphatic hydroxyl groups is 1. The Bertz CT molecular complexity index is 731. The van der Waals surface area contributed by atoms with Crippen LogP contribution >= 0.6 is 0 Å². The molecule has 0 bridgehead atoms. The highest BCUT2D eigenvalue weighted by Crippen LogP contribution is 2.14. The lowest BCUT2D eigenvalue weighted by Gasteiger charge is -2.15. The van der Waals surface area contributed by atoms with E-state index in [-0.39, 0.29) is 25.2 Å². The van der Waals surface area contributed by atoms with Crippen LogP contribution in [0.1, 0.15) is 219 Å². The average Bonchev–Trinajstić information content (AvgIpc) is 3.09. The normalized spacial score (nSPS) is 12.3. The molecule has 5 heteroatoms. The zero-order valence-electron chi connectivity index (χ0n) is 32.0. The minimum Gasteiger partial charge on any atom is -0.462 e. The van der Waals surface area contributed by atoms with Gasteiger partial charge in [-0.15, -0.1) is 0 Å². The fraction of sp³-hybridized carbons (Fsp3) is 0.860. The Morgan fingerprint density at radius 2 is 0.771 bits per heavy atom. The lowest BCUT2D eigenvalue weighted by Crippen LogP contribution is -2.28. The quantitative estimate of drug-likeness (QED) is 0.0400. The van der Waals surface area contributed by atoms with Gasteiger partial charge in [0.15, 0.2) is 6.10 Å². The molecule has 0 rings (SSSR count). The van der Waals surface area contributed by atoms with Crippen LogP contribution in [0.25, 0.3) is 0 Å². The highest BCUT2D eigenvalue weighted by atomic mass is 16.6. The lowest BCUT2D eigenvalue weighted by atomic mass is 10.1. The highest BCUT2D eigenvalue weighted by Gasteiger charge is 2.16. The number of unbranched alkanes of at least 4 members (excludes halogenated alkanes) is 26. The summed E-state index contributed by atoms with van der Waals surface area (Å²) in [4.78, 5) is 24.3. The molecule has 0 aromatic heterocycles. The van der Waals surface area contributed by atoms with Gasteiger partial charge < -0.3 is 14.6 Å². The highest BCUT2D eigenvalue weighted by molar-refractivity contribution is 5.70. The molecule has 0 saturated heterocycles. The fourth-order valence-corrected chi connectivity index (χ4v) is 6.01. The lowest BCUT2D eigenvalue weighted by molar-refractivity contribution is -0.161. The maximum Gasteiger partial charge on any atom is 0.306 e. The van der Waals surface area contributed by atoms with E-state index >= 15 is 0 Å². The molecule has 5 nitrogen and oxygen atoms in total. The van der Waals surface area contributed by atoms with Crippen LogP contribution in [0.2, 0.25) is 0 Å². The first-order valence-corrected chi connectivity index (χ1v) is 20.9. The number of esters is 2. The first-order valence-electron chi connectivity index (χ1n) is 20.9. The van der Waals surface area contributed by atoms with Gasteiger partial charge in [-0.3, -0.25) is 9.59 Å². The SMILES string of the molecule is CCCCCCCCC=CCCCCCCCCCC(=O)OC[C@H](CO)OC(=O)CCCCCCCCCC=CCCCCCCCC. The zero-order chi connectivity index (χ0) is 35.0. The van der Waals surface area contributed by atoms with Gasteiger partial charge in [-0.2, -0.15) is 0 Å². The Kier molecular flexibility index (Phi) is 38.5. The van der Waals surface area contributed by atoms with Crippen molar-refractivity contribution in [2.24, 2.45) is 0 Å². The van der Waals surface area contributed by atoms with Crippen LogP contribution in [0.5, 0.6) is 0 Å². The predicted octanol–water partition coefficient (Wildman–Crippen LogP) is 13.1. The van der Waals surface area contributed by atoms with Crippen molar-refractivity contribution in [1.82, 2.24) is 0 Å². The summed E-state index contributed by atoms with van der Waals surface area (Å²) in [5.74, 6) is -0.594. The molecule has 1 N–H and O–H groups in total. The minimum absolute atomic E-state index is 0.0668. The summed E-state index contributed by atoms with van der Waals surface area (Å²) < 4.78 is 10.6. The molecular weight excluding hydrogens is 596 g/mol. The van der Waals surface area contributed by atoms with E-state index in [4.69, 9.17) is 9.47 Å². The second kappa shape index (κ2) is 39.8. The van der Waals surface area contributed by atoms with E-state index in [0.717, 1.165) is 38.5 Å². The fourth-order valence-electron chi connectivity index (χ4n) is 6.01. The number of allylic oxidation sites excluding steroid dienone is 4. The number of carbonyl (C=O) groups excluding carboxylic acids is 2. The van der Waals surface area contributed by atoms with E-state index in [1.165, 1.54) is 154 Å². The van der Waals surface area contributed by atoms with E-state index in [2.05, 4.69) is 38.2 Å². The summed E-state index contributed by atoms with van der Waals surface area (Å²) in [6.45, 7) is 4.13. The molecule has 0 heterocycles. The summed E-state index contributed by atoms with van der Waals surface area (Å²) in [6.07, 6.45) is 46.7. The summed E-state index contributed by atoms with van der Waals surface area (Å²) in [7, 11) is 0. The molecule has 0 aliphatic heterocycles. The first kappa shape index (κ1) is 46.4. The number of ether oxygens (including phenoxy) is 2. The van der Waals surface area contributed by atoms with Crippen LogP contribution in [0.15, 0.2) is 24.3 Å². The molecule has 48 heavy (non-hydrogen) atoms. The number of rotatable bonds is 38. The van der Waals surface area contributed by atoms with Gasteiger partial charge in [0.05, 0.1) is 6.61 Å². The third-order valence-corrected chi connectivity index (χ3v) is 9.22. The Morgan fingerprint density at radius 3 is 1.12 bits per heavy atom. The topological polar surface area (TPSA) is 72.8 Å². The third-order valence-electron chi connectivity index (χ3n) is 9.22. The van der Waals surface area contributed by atoms with E-state index in [0.29, 0.717) is 12.8 Å². The molecule has 0 unspecified atom stereocenters. The van der Waals surface area contributed by atoms with Gasteiger partial charge in [0.1, 0.15) is 6.61 Å². The minimum atomic E-state index is -0.772. The maximum absolute atomic E-state index is 12.2. The molecule has 0 aromatic rings. The standard InChI is InChI=1S/C43H80O5/c1-3-5-7-9-11-13-15-17-19-21-23-25-27-29-31-33-35-37-42(45)47-40-41(39-44)48-43(46)38-36-34-32-30-28-26-24-22-20-18-16-14-12-10-8-6-4-2/h17-20,41,44H,3-16,21-40H2,1-2H3/t41-/m0/s1. The Balaban J connectivity index is 3.53. The molecule has 0 aliphatic carbocycles. The van der Waals surface area contributed by atoms with Crippen molar-refractivity contribution >= 4 is 11.9 Å². The van der Waals surface area contributed by atoms with Gasteiger partial charge in [-0.1, -0.05) is 167 Å². The second-order valence-corrected chi connectivity index (χ2v) is 14.1. The van der Waals surface area contributed by atoms with E-state index in [9.17, 15) is 14.7 Å². The number of hydrogen-bond donors (Lipinski definition) is 1. The molecule has 0 aromatic carbocycles. The zero-order valence-corrected chi connectivity index (χ0v) is 32.0. The van der Waals surface area contributed by atoms with Crippen LogP contribution in [-0.4, -0.2) is 36.4 Å². The van der Waals surface area contributed by atoms with Crippen molar-refractivity contribution in [3.8, 4) is 0 Å². The molecule has 0 aliphatic rings. The van der Waals surface area contributed by atoms with Gasteiger partial charge in [0.25, 0.3) is 0 Å². The molecular formula is C43H80O5. The summed E-state index contributed by atoms with van der Waals surface area (Å²) in [5, 5.41) is 9.56. The van der Waals surface area contributed by atoms with Gasteiger partial charge in [-0.05, 0) is 64.2 Å². The molecule has 1 atom stereocenters. The van der Waals surface area contributed by atoms with Gasteiger partial charge in [0, 0.05) is 12.8 Å². The van der Waals surface area contributed by atoms with Crippen molar-refractivity contribution < 1.29 is 24.2 Å². The number of carbonyl (C=O) groups is 2. The average molecular weight is 677 g/mol. The van der Waals surface area contributed by atoms with E-state index in [1.807, 2.05) is 0 Å². The smallest absolute Gasteiger partial charge is 0.306 e. The van der Waals surface area contributed by atoms with Crippen LogP contribution in [0.4, 0.5) is 0 Å². The molecule has 0 fully saturated rings.